The van der Waals surface area contributed by atoms with Crippen molar-refractivity contribution in [2.75, 3.05) is 44.7 Å². The maximum absolute atomic E-state index is 15.0. The zero-order valence-electron chi connectivity index (χ0n) is 25.1. The Kier molecular flexibility index (Phi) is 7.21. The molecule has 2 fully saturated rings. The van der Waals surface area contributed by atoms with E-state index in [2.05, 4.69) is 20.6 Å². The van der Waals surface area contributed by atoms with Gasteiger partial charge in [-0.05, 0) is 35.9 Å². The third kappa shape index (κ3) is 5.10. The first-order chi connectivity index (χ1) is 22.9. The molecule has 3 aromatic heterocycles. The van der Waals surface area contributed by atoms with Crippen LogP contribution in [0.4, 0.5) is 28.2 Å². The van der Waals surface area contributed by atoms with E-state index in [1.165, 1.54) is 30.3 Å². The minimum atomic E-state index is -4.93. The SMILES string of the molecule is COc1ccc2c(c1F)C(=O)N(CC1(c3cc4nc(-c5ccnc(N6CCN(C(=O)C(F)(F)F)CC6)c5)ccc4o3)NC(=O)NC1=O)C2. The van der Waals surface area contributed by atoms with E-state index in [0.29, 0.717) is 28.2 Å². The Morgan fingerprint density at radius 3 is 2.52 bits per heavy atom. The molecule has 1 unspecified atom stereocenters. The Balaban J connectivity index is 1.15. The van der Waals surface area contributed by atoms with Crippen molar-refractivity contribution in [3.8, 4) is 17.0 Å². The number of carbonyl (C=O) groups excluding carboxylic acids is 4. The summed E-state index contributed by atoms with van der Waals surface area (Å²) in [6, 6.07) is 10.3. The van der Waals surface area contributed by atoms with Crippen LogP contribution < -0.4 is 20.3 Å². The van der Waals surface area contributed by atoms with E-state index in [4.69, 9.17) is 9.15 Å². The number of carbonyl (C=O) groups is 4. The molecule has 0 aliphatic carbocycles. The van der Waals surface area contributed by atoms with Crippen molar-refractivity contribution >= 4 is 40.7 Å². The van der Waals surface area contributed by atoms with Crippen LogP contribution in [-0.2, 0) is 21.7 Å². The number of hydrogen-bond donors (Lipinski definition) is 2. The van der Waals surface area contributed by atoms with Crippen LogP contribution in [-0.4, -0.2) is 89.5 Å². The number of halogens is 4. The molecule has 2 N–H and O–H groups in total. The van der Waals surface area contributed by atoms with E-state index in [1.54, 1.807) is 35.2 Å². The number of alkyl halides is 3. The number of hydrogen-bond acceptors (Lipinski definition) is 9. The van der Waals surface area contributed by atoms with E-state index in [9.17, 15) is 36.7 Å². The molecule has 3 aliphatic rings. The van der Waals surface area contributed by atoms with Gasteiger partial charge < -0.3 is 29.2 Å². The average molecular weight is 668 g/mol. The van der Waals surface area contributed by atoms with E-state index in [-0.39, 0.29) is 61.9 Å². The van der Waals surface area contributed by atoms with Crippen molar-refractivity contribution in [2.24, 2.45) is 0 Å². The fourth-order valence-electron chi connectivity index (χ4n) is 6.19. The monoisotopic (exact) mass is 667 g/mol. The molecule has 1 aromatic carbocycles. The number of rotatable bonds is 6. The molecule has 3 aliphatic heterocycles. The highest BCUT2D eigenvalue weighted by Gasteiger charge is 2.53. The summed E-state index contributed by atoms with van der Waals surface area (Å²) < 4.78 is 64.5. The lowest BCUT2D eigenvalue weighted by atomic mass is 9.95. The van der Waals surface area contributed by atoms with Crippen LogP contribution in [0, 0.1) is 5.82 Å². The summed E-state index contributed by atoms with van der Waals surface area (Å²) in [4.78, 5) is 63.4. The number of anilines is 1. The Bertz CT molecular complexity index is 2010. The summed E-state index contributed by atoms with van der Waals surface area (Å²) in [6.45, 7) is -0.331. The van der Waals surface area contributed by atoms with Gasteiger partial charge in [-0.15, -0.1) is 0 Å². The van der Waals surface area contributed by atoms with Crippen LogP contribution >= 0.6 is 0 Å². The number of piperazine rings is 1. The van der Waals surface area contributed by atoms with Gasteiger partial charge in [-0.25, -0.2) is 19.2 Å². The average Bonchev–Trinajstić information content (AvgIpc) is 3.73. The highest BCUT2D eigenvalue weighted by molar-refractivity contribution is 6.08. The summed E-state index contributed by atoms with van der Waals surface area (Å²) in [5.74, 6) is -3.78. The molecule has 7 rings (SSSR count). The van der Waals surface area contributed by atoms with Crippen molar-refractivity contribution in [2.45, 2.75) is 18.3 Å². The maximum Gasteiger partial charge on any atom is 0.471 e. The molecule has 6 heterocycles. The van der Waals surface area contributed by atoms with Crippen molar-refractivity contribution in [3.05, 3.63) is 71.4 Å². The van der Waals surface area contributed by atoms with Gasteiger partial charge in [0.05, 0.1) is 24.9 Å². The quantitative estimate of drug-likeness (QED) is 0.234. The maximum atomic E-state index is 15.0. The van der Waals surface area contributed by atoms with E-state index < -0.39 is 41.3 Å². The van der Waals surface area contributed by atoms with Gasteiger partial charge in [0, 0.05) is 50.6 Å². The van der Waals surface area contributed by atoms with Crippen LogP contribution in [0.25, 0.3) is 22.4 Å². The first-order valence-corrected chi connectivity index (χ1v) is 14.6. The van der Waals surface area contributed by atoms with Crippen molar-refractivity contribution in [3.63, 3.8) is 0 Å². The Hall–Kier alpha value is -5.74. The van der Waals surface area contributed by atoms with Gasteiger partial charge in [-0.2, -0.15) is 13.2 Å². The molecule has 2 saturated heterocycles. The van der Waals surface area contributed by atoms with Gasteiger partial charge in [-0.1, -0.05) is 6.07 Å². The number of methoxy groups -OCH3 is 1. The van der Waals surface area contributed by atoms with Crippen molar-refractivity contribution in [1.29, 1.82) is 0 Å². The summed E-state index contributed by atoms with van der Waals surface area (Å²) in [5.41, 5.74) is 0.0520. The highest BCUT2D eigenvalue weighted by Crippen LogP contribution is 2.37. The summed E-state index contributed by atoms with van der Waals surface area (Å²) >= 11 is 0. The number of imide groups is 1. The van der Waals surface area contributed by atoms with E-state index >= 15 is 0 Å². The molecule has 48 heavy (non-hydrogen) atoms. The van der Waals surface area contributed by atoms with Gasteiger partial charge in [-0.3, -0.25) is 19.7 Å². The second-order valence-electron chi connectivity index (χ2n) is 11.5. The summed E-state index contributed by atoms with van der Waals surface area (Å²) in [5, 5.41) is 4.77. The lowest BCUT2D eigenvalue weighted by Crippen LogP contribution is -2.52. The Labute approximate surface area is 268 Å². The number of urea groups is 1. The fourth-order valence-corrected chi connectivity index (χ4v) is 6.19. The standard InChI is InChI=1S/C31H25F4N7O6/c1-47-21-4-2-17-14-42(26(43)24(17)25(21)32)15-30(27(44)38-29(46)39-30)22-13-19-20(48-22)5-3-18(37-19)16-6-7-36-23(12-16)40-8-10-41(11-9-40)28(45)31(33,34)35/h2-7,12-13H,8-11,14-15H2,1H3,(H2,38,39,44,46). The molecular weight excluding hydrogens is 642 g/mol. The van der Waals surface area contributed by atoms with Crippen LogP contribution in [0.1, 0.15) is 21.7 Å². The third-order valence-corrected chi connectivity index (χ3v) is 8.61. The zero-order chi connectivity index (χ0) is 34.0. The van der Waals surface area contributed by atoms with E-state index in [1.807, 2.05) is 0 Å². The zero-order valence-corrected chi connectivity index (χ0v) is 25.1. The minimum Gasteiger partial charge on any atom is -0.494 e. The van der Waals surface area contributed by atoms with Gasteiger partial charge in [0.25, 0.3) is 11.8 Å². The second-order valence-corrected chi connectivity index (χ2v) is 11.5. The number of aromatic nitrogens is 2. The number of pyridine rings is 2. The predicted octanol–water partition coefficient (Wildman–Crippen LogP) is 2.94. The summed E-state index contributed by atoms with van der Waals surface area (Å²) in [6.07, 6.45) is -3.41. The first kappa shape index (κ1) is 30.9. The normalized spacial score (nSPS) is 19.5. The van der Waals surface area contributed by atoms with Crippen LogP contribution in [0.3, 0.4) is 0 Å². The second kappa shape index (κ2) is 11.2. The van der Waals surface area contributed by atoms with Crippen molar-refractivity contribution < 1.29 is 45.9 Å². The molecule has 248 valence electrons. The molecule has 0 saturated carbocycles. The predicted molar refractivity (Wildman–Crippen MR) is 158 cm³/mol. The largest absolute Gasteiger partial charge is 0.494 e. The minimum absolute atomic E-state index is 0.00555. The lowest BCUT2D eigenvalue weighted by Gasteiger charge is -2.35. The number of ether oxygens (including phenoxy) is 1. The topological polar surface area (TPSA) is 150 Å². The fraction of sp³-hybridized carbons (Fsp3) is 0.290. The molecule has 17 heteroatoms. The number of furan rings is 1. The van der Waals surface area contributed by atoms with Crippen LogP contribution in [0.2, 0.25) is 0 Å². The number of benzene rings is 1. The molecule has 13 nitrogen and oxygen atoms in total. The van der Waals surface area contributed by atoms with Gasteiger partial charge in [0.1, 0.15) is 17.1 Å². The van der Waals surface area contributed by atoms with Gasteiger partial charge >= 0.3 is 18.1 Å². The molecular formula is C31H25F4N7O6. The highest BCUT2D eigenvalue weighted by atomic mass is 19.4. The van der Waals surface area contributed by atoms with Crippen molar-refractivity contribution in [1.82, 2.24) is 30.4 Å². The number of nitrogens with one attached hydrogen (secondary N) is 2. The van der Waals surface area contributed by atoms with Crippen LogP contribution in [0.5, 0.6) is 5.75 Å². The molecule has 1 atom stereocenters. The van der Waals surface area contributed by atoms with E-state index in [0.717, 1.165) is 4.90 Å². The van der Waals surface area contributed by atoms with Gasteiger partial charge in [0.2, 0.25) is 0 Å². The number of fused-ring (bicyclic) bond motifs is 2. The van der Waals surface area contributed by atoms with Gasteiger partial charge in [0.15, 0.2) is 22.7 Å². The summed E-state index contributed by atoms with van der Waals surface area (Å²) in [7, 11) is 1.28. The molecule has 0 spiro atoms. The van der Waals surface area contributed by atoms with Crippen LogP contribution in [0.15, 0.2) is 53.1 Å². The smallest absolute Gasteiger partial charge is 0.471 e. The Morgan fingerprint density at radius 2 is 1.83 bits per heavy atom. The lowest BCUT2D eigenvalue weighted by molar-refractivity contribution is -0.185. The molecule has 0 bridgehead atoms. The first-order valence-electron chi connectivity index (χ1n) is 14.6. The molecule has 5 amide bonds. The molecule has 0 radical (unpaired) electrons. The number of nitrogens with zero attached hydrogens (tertiary/aromatic N) is 5. The third-order valence-electron chi connectivity index (χ3n) is 8.61. The Morgan fingerprint density at radius 1 is 1.06 bits per heavy atom. The molecule has 4 aromatic rings. The number of amides is 5.